The molecule has 1 fully saturated rings. The van der Waals surface area contributed by atoms with Gasteiger partial charge in [-0.2, -0.15) is 0 Å². The van der Waals surface area contributed by atoms with Gasteiger partial charge in [-0.15, -0.1) is 0 Å². The lowest BCUT2D eigenvalue weighted by molar-refractivity contribution is 0.0523. The highest BCUT2D eigenvalue weighted by atomic mass is 35.5. The number of hydrogen-bond donors (Lipinski definition) is 0. The van der Waals surface area contributed by atoms with Crippen molar-refractivity contribution in [3.05, 3.63) is 65.8 Å². The summed E-state index contributed by atoms with van der Waals surface area (Å²) in [6.07, 6.45) is 8.00. The number of amides is 1. The van der Waals surface area contributed by atoms with Crippen molar-refractivity contribution in [1.29, 1.82) is 0 Å². The number of rotatable bonds is 4. The molecule has 7 nitrogen and oxygen atoms in total. The Morgan fingerprint density at radius 2 is 1.89 bits per heavy atom. The minimum Gasteiger partial charge on any atom is -0.472 e. The molecule has 8 heteroatoms. The summed E-state index contributed by atoms with van der Waals surface area (Å²) in [6.45, 7) is 1.12. The minimum atomic E-state index is -0.152. The second-order valence-electron chi connectivity index (χ2n) is 6.42. The van der Waals surface area contributed by atoms with Crippen LogP contribution < -0.4 is 4.74 Å². The van der Waals surface area contributed by atoms with Crippen LogP contribution in [0.1, 0.15) is 23.3 Å². The maximum atomic E-state index is 13.2. The topological polar surface area (TPSA) is 81.1 Å². The first-order chi connectivity index (χ1) is 13.7. The first-order valence-corrected chi connectivity index (χ1v) is 9.38. The number of halogens is 1. The Morgan fingerprint density at radius 1 is 1.07 bits per heavy atom. The largest absolute Gasteiger partial charge is 0.472 e. The molecule has 4 rings (SSSR count). The average Bonchev–Trinajstić information content (AvgIpc) is 2.76. The van der Waals surface area contributed by atoms with Crippen molar-refractivity contribution in [1.82, 2.24) is 24.8 Å². The number of carbonyl (C=O) groups is 1. The van der Waals surface area contributed by atoms with E-state index in [1.807, 2.05) is 6.07 Å². The third kappa shape index (κ3) is 4.09. The van der Waals surface area contributed by atoms with Gasteiger partial charge in [0.15, 0.2) is 5.82 Å². The standard InChI is InChI=1S/C20H18ClN5O2/c21-14-6-7-17(25-12-14)28-15-4-2-11-26(13-15)20(27)18-16(5-1-8-22-18)19-23-9-3-10-24-19/h1,3,5-10,12,15H,2,4,11,13H2/t15-/m1/s1. The van der Waals surface area contributed by atoms with Crippen LogP contribution in [0.5, 0.6) is 5.88 Å². The van der Waals surface area contributed by atoms with Crippen molar-refractivity contribution in [3.8, 4) is 17.3 Å². The van der Waals surface area contributed by atoms with Crippen LogP contribution in [0.4, 0.5) is 0 Å². The van der Waals surface area contributed by atoms with Crippen molar-refractivity contribution in [3.63, 3.8) is 0 Å². The molecular weight excluding hydrogens is 378 g/mol. The van der Waals surface area contributed by atoms with Crippen molar-refractivity contribution in [2.75, 3.05) is 13.1 Å². The summed E-state index contributed by atoms with van der Waals surface area (Å²) in [7, 11) is 0. The normalized spacial score (nSPS) is 16.6. The van der Waals surface area contributed by atoms with E-state index in [2.05, 4.69) is 19.9 Å². The lowest BCUT2D eigenvalue weighted by Crippen LogP contribution is -2.44. The van der Waals surface area contributed by atoms with Crippen LogP contribution in [0.25, 0.3) is 11.4 Å². The van der Waals surface area contributed by atoms with Gasteiger partial charge in [-0.3, -0.25) is 9.78 Å². The number of hydrogen-bond acceptors (Lipinski definition) is 6. The number of likely N-dealkylation sites (tertiary alicyclic amines) is 1. The summed E-state index contributed by atoms with van der Waals surface area (Å²) in [4.78, 5) is 31.9. The molecule has 1 aliphatic rings. The lowest BCUT2D eigenvalue weighted by Gasteiger charge is -2.32. The Labute approximate surface area is 167 Å². The van der Waals surface area contributed by atoms with Gasteiger partial charge in [0.25, 0.3) is 5.91 Å². The second kappa shape index (κ2) is 8.31. The van der Waals surface area contributed by atoms with E-state index in [-0.39, 0.29) is 12.0 Å². The van der Waals surface area contributed by atoms with E-state index in [1.165, 1.54) is 0 Å². The first-order valence-electron chi connectivity index (χ1n) is 9.00. The Morgan fingerprint density at radius 3 is 2.68 bits per heavy atom. The van der Waals surface area contributed by atoms with Gasteiger partial charge < -0.3 is 9.64 Å². The van der Waals surface area contributed by atoms with Gasteiger partial charge in [0.1, 0.15) is 11.8 Å². The van der Waals surface area contributed by atoms with E-state index in [4.69, 9.17) is 16.3 Å². The molecule has 0 bridgehead atoms. The van der Waals surface area contributed by atoms with E-state index in [1.54, 1.807) is 54.0 Å². The van der Waals surface area contributed by atoms with Gasteiger partial charge in [0.05, 0.1) is 17.1 Å². The Kier molecular flexibility index (Phi) is 5.43. The van der Waals surface area contributed by atoms with Gasteiger partial charge in [-0.05, 0) is 37.1 Å². The predicted octanol–water partition coefficient (Wildman–Crippen LogP) is 3.27. The van der Waals surface area contributed by atoms with Gasteiger partial charge in [-0.1, -0.05) is 11.6 Å². The Balaban J connectivity index is 1.51. The van der Waals surface area contributed by atoms with E-state index >= 15 is 0 Å². The summed E-state index contributed by atoms with van der Waals surface area (Å²) < 4.78 is 5.93. The molecule has 4 heterocycles. The number of nitrogens with zero attached hydrogens (tertiary/aromatic N) is 5. The fourth-order valence-electron chi connectivity index (χ4n) is 3.17. The zero-order valence-electron chi connectivity index (χ0n) is 15.0. The molecule has 0 radical (unpaired) electrons. The SMILES string of the molecule is O=C(c1ncccc1-c1ncccn1)N1CCC[C@@H](Oc2ccc(Cl)cn2)C1. The van der Waals surface area contributed by atoms with Crippen molar-refractivity contribution in [2.45, 2.75) is 18.9 Å². The van der Waals surface area contributed by atoms with Crippen LogP contribution >= 0.6 is 11.6 Å². The quantitative estimate of drug-likeness (QED) is 0.674. The van der Waals surface area contributed by atoms with Crippen LogP contribution in [0.3, 0.4) is 0 Å². The summed E-state index contributed by atoms with van der Waals surface area (Å²) in [5.41, 5.74) is 0.967. The molecule has 0 aromatic carbocycles. The minimum absolute atomic E-state index is 0.133. The van der Waals surface area contributed by atoms with Crippen molar-refractivity contribution < 1.29 is 9.53 Å². The number of carbonyl (C=O) groups excluding carboxylic acids is 1. The highest BCUT2D eigenvalue weighted by Crippen LogP contribution is 2.23. The fourth-order valence-corrected chi connectivity index (χ4v) is 3.28. The number of aromatic nitrogens is 4. The molecule has 142 valence electrons. The Hall–Kier alpha value is -3.06. The summed E-state index contributed by atoms with van der Waals surface area (Å²) in [5.74, 6) is 0.828. The molecule has 1 amide bonds. The zero-order valence-corrected chi connectivity index (χ0v) is 15.8. The smallest absolute Gasteiger partial charge is 0.273 e. The summed E-state index contributed by atoms with van der Waals surface area (Å²) in [6, 6.07) is 8.78. The lowest BCUT2D eigenvalue weighted by atomic mass is 10.1. The molecule has 1 saturated heterocycles. The molecule has 3 aromatic heterocycles. The molecule has 0 N–H and O–H groups in total. The van der Waals surface area contributed by atoms with Gasteiger partial charge in [0.2, 0.25) is 5.88 Å². The summed E-state index contributed by atoms with van der Waals surface area (Å²) >= 11 is 5.86. The molecule has 0 aliphatic carbocycles. The first kappa shape index (κ1) is 18.3. The Bertz CT molecular complexity index is 952. The number of ether oxygens (including phenoxy) is 1. The fraction of sp³-hybridized carbons (Fsp3) is 0.250. The highest BCUT2D eigenvalue weighted by molar-refractivity contribution is 6.30. The van der Waals surface area contributed by atoms with Crippen LogP contribution in [0.2, 0.25) is 5.02 Å². The maximum absolute atomic E-state index is 13.2. The van der Waals surface area contributed by atoms with Gasteiger partial charge in [-0.25, -0.2) is 15.0 Å². The summed E-state index contributed by atoms with van der Waals surface area (Å²) in [5, 5.41) is 0.554. The monoisotopic (exact) mass is 395 g/mol. The molecule has 28 heavy (non-hydrogen) atoms. The van der Waals surface area contributed by atoms with Crippen molar-refractivity contribution >= 4 is 17.5 Å². The number of pyridine rings is 2. The molecule has 1 aliphatic heterocycles. The third-order valence-corrected chi connectivity index (χ3v) is 4.69. The highest BCUT2D eigenvalue weighted by Gasteiger charge is 2.28. The molecular formula is C20H18ClN5O2. The van der Waals surface area contributed by atoms with Crippen LogP contribution in [0, 0.1) is 0 Å². The van der Waals surface area contributed by atoms with E-state index in [0.29, 0.717) is 41.1 Å². The van der Waals surface area contributed by atoms with Crippen molar-refractivity contribution in [2.24, 2.45) is 0 Å². The van der Waals surface area contributed by atoms with Gasteiger partial charge in [0, 0.05) is 37.4 Å². The van der Waals surface area contributed by atoms with E-state index < -0.39 is 0 Å². The average molecular weight is 396 g/mol. The third-order valence-electron chi connectivity index (χ3n) is 4.47. The molecule has 0 spiro atoms. The molecule has 0 saturated carbocycles. The van der Waals surface area contributed by atoms with Crippen LogP contribution in [-0.4, -0.2) is 49.9 Å². The zero-order chi connectivity index (χ0) is 19.3. The van der Waals surface area contributed by atoms with E-state index in [9.17, 15) is 4.79 Å². The second-order valence-corrected chi connectivity index (χ2v) is 6.86. The molecule has 1 atom stereocenters. The van der Waals surface area contributed by atoms with E-state index in [0.717, 1.165) is 12.8 Å². The molecule has 0 unspecified atom stereocenters. The molecule has 3 aromatic rings. The van der Waals surface area contributed by atoms with Crippen LogP contribution in [0.15, 0.2) is 55.1 Å². The maximum Gasteiger partial charge on any atom is 0.273 e. The number of piperidine rings is 1. The van der Waals surface area contributed by atoms with Crippen LogP contribution in [-0.2, 0) is 0 Å². The van der Waals surface area contributed by atoms with Gasteiger partial charge >= 0.3 is 0 Å². The predicted molar refractivity (Wildman–Crippen MR) is 104 cm³/mol.